The zero-order valence-corrected chi connectivity index (χ0v) is 9.68. The van der Waals surface area contributed by atoms with Gasteiger partial charge in [0.15, 0.2) is 0 Å². The molecule has 0 bridgehead atoms. The van der Waals surface area contributed by atoms with E-state index in [0.717, 1.165) is 18.8 Å². The summed E-state index contributed by atoms with van der Waals surface area (Å²) in [5, 5.41) is 3.38. The first-order valence-corrected chi connectivity index (χ1v) is 5.50. The molecule has 0 aliphatic heterocycles. The van der Waals surface area contributed by atoms with Gasteiger partial charge in [-0.3, -0.25) is 0 Å². The number of imidazole rings is 1. The summed E-state index contributed by atoms with van der Waals surface area (Å²) < 4.78 is 7.48. The van der Waals surface area contributed by atoms with E-state index in [-0.39, 0.29) is 0 Å². The number of nitrogens with one attached hydrogen (secondary N) is 1. The van der Waals surface area contributed by atoms with E-state index in [9.17, 15) is 0 Å². The molecule has 0 saturated carbocycles. The lowest BCUT2D eigenvalue weighted by Crippen LogP contribution is -2.22. The molecule has 0 radical (unpaired) electrons. The maximum Gasteiger partial charge on any atom is 0.127 e. The van der Waals surface area contributed by atoms with Crippen LogP contribution in [0.2, 0.25) is 0 Å². The minimum absolute atomic E-state index is 0.482. The third-order valence-corrected chi connectivity index (χ3v) is 2.42. The van der Waals surface area contributed by atoms with Crippen molar-refractivity contribution in [2.75, 3.05) is 0 Å². The summed E-state index contributed by atoms with van der Waals surface area (Å²) in [6.07, 6.45) is 7.24. The molecular formula is C12H17N3O. The third kappa shape index (κ3) is 2.73. The van der Waals surface area contributed by atoms with Crippen LogP contribution >= 0.6 is 0 Å². The largest absolute Gasteiger partial charge is 0.467 e. The van der Waals surface area contributed by atoms with Crippen LogP contribution in [-0.4, -0.2) is 15.6 Å². The molecule has 4 nitrogen and oxygen atoms in total. The first-order chi connectivity index (χ1) is 7.75. The van der Waals surface area contributed by atoms with Crippen LogP contribution in [0.25, 0.3) is 0 Å². The summed E-state index contributed by atoms with van der Waals surface area (Å²) in [6.45, 7) is 5.85. The molecule has 2 rings (SSSR count). The molecule has 86 valence electrons. The van der Waals surface area contributed by atoms with Crippen molar-refractivity contribution in [3.8, 4) is 0 Å². The Morgan fingerprint density at radius 2 is 2.38 bits per heavy atom. The predicted octanol–water partition coefficient (Wildman–Crippen LogP) is 2.02. The average molecular weight is 219 g/mol. The Bertz CT molecular complexity index is 417. The molecular weight excluding hydrogens is 202 g/mol. The van der Waals surface area contributed by atoms with Gasteiger partial charge in [0.2, 0.25) is 0 Å². The van der Waals surface area contributed by atoms with E-state index in [1.807, 2.05) is 16.8 Å². The lowest BCUT2D eigenvalue weighted by Gasteiger charge is -2.08. The molecule has 0 aliphatic carbocycles. The van der Waals surface area contributed by atoms with Gasteiger partial charge >= 0.3 is 0 Å². The van der Waals surface area contributed by atoms with Crippen LogP contribution < -0.4 is 5.32 Å². The first kappa shape index (κ1) is 11.0. The molecule has 2 aromatic heterocycles. The molecule has 2 heterocycles. The number of rotatable bonds is 5. The molecule has 0 amide bonds. The lowest BCUT2D eigenvalue weighted by atomic mass is 10.2. The van der Waals surface area contributed by atoms with E-state index in [0.29, 0.717) is 6.04 Å². The number of aromatic nitrogens is 2. The molecule has 0 saturated heterocycles. The molecule has 0 aromatic carbocycles. The molecule has 0 fully saturated rings. The van der Waals surface area contributed by atoms with E-state index < -0.39 is 0 Å². The number of hydrogen-bond acceptors (Lipinski definition) is 3. The van der Waals surface area contributed by atoms with Crippen molar-refractivity contribution >= 4 is 0 Å². The van der Waals surface area contributed by atoms with Gasteiger partial charge in [0.25, 0.3) is 0 Å². The van der Waals surface area contributed by atoms with E-state index in [1.165, 1.54) is 5.56 Å². The van der Waals surface area contributed by atoms with E-state index in [2.05, 4.69) is 24.1 Å². The van der Waals surface area contributed by atoms with Gasteiger partial charge in [-0.1, -0.05) is 13.8 Å². The van der Waals surface area contributed by atoms with E-state index in [1.54, 1.807) is 18.8 Å². The van der Waals surface area contributed by atoms with Crippen LogP contribution in [0.3, 0.4) is 0 Å². The molecule has 4 heteroatoms. The zero-order chi connectivity index (χ0) is 11.4. The quantitative estimate of drug-likeness (QED) is 0.836. The fraction of sp³-hybridized carbons (Fsp3) is 0.417. The summed E-state index contributed by atoms with van der Waals surface area (Å²) in [6, 6.07) is 2.50. The highest BCUT2D eigenvalue weighted by Crippen LogP contribution is 2.12. The lowest BCUT2D eigenvalue weighted by molar-refractivity contribution is 0.482. The molecule has 0 aliphatic rings. The topological polar surface area (TPSA) is 43.0 Å². The highest BCUT2D eigenvalue weighted by Gasteiger charge is 2.07. The molecule has 2 aromatic rings. The van der Waals surface area contributed by atoms with Gasteiger partial charge in [0, 0.05) is 30.5 Å². The predicted molar refractivity (Wildman–Crippen MR) is 62.0 cm³/mol. The van der Waals surface area contributed by atoms with Crippen molar-refractivity contribution in [2.24, 2.45) is 0 Å². The van der Waals surface area contributed by atoms with Crippen molar-refractivity contribution in [2.45, 2.75) is 33.0 Å². The van der Waals surface area contributed by atoms with Crippen molar-refractivity contribution in [3.05, 3.63) is 42.4 Å². The normalized spacial score (nSPS) is 11.2. The molecule has 16 heavy (non-hydrogen) atoms. The van der Waals surface area contributed by atoms with Crippen LogP contribution in [0.5, 0.6) is 0 Å². The van der Waals surface area contributed by atoms with Crippen LogP contribution in [-0.2, 0) is 13.1 Å². The van der Waals surface area contributed by atoms with Crippen LogP contribution in [0.4, 0.5) is 0 Å². The SMILES string of the molecule is CC(C)NCc1ccoc1Cn1ccnc1. The maximum absolute atomic E-state index is 5.48. The summed E-state index contributed by atoms with van der Waals surface area (Å²) in [5.74, 6) is 0.992. The van der Waals surface area contributed by atoms with Gasteiger partial charge in [-0.2, -0.15) is 0 Å². The number of nitrogens with zero attached hydrogens (tertiary/aromatic N) is 2. The number of furan rings is 1. The summed E-state index contributed by atoms with van der Waals surface area (Å²) in [5.41, 5.74) is 1.21. The zero-order valence-electron chi connectivity index (χ0n) is 9.68. The third-order valence-electron chi connectivity index (χ3n) is 2.42. The second-order valence-electron chi connectivity index (χ2n) is 4.14. The van der Waals surface area contributed by atoms with Crippen molar-refractivity contribution in [3.63, 3.8) is 0 Å². The minimum atomic E-state index is 0.482. The highest BCUT2D eigenvalue weighted by atomic mass is 16.3. The van der Waals surface area contributed by atoms with Gasteiger partial charge < -0.3 is 14.3 Å². The molecule has 1 N–H and O–H groups in total. The molecule has 0 spiro atoms. The second-order valence-corrected chi connectivity index (χ2v) is 4.14. The Balaban J connectivity index is 2.01. The maximum atomic E-state index is 5.48. The Morgan fingerprint density at radius 3 is 3.06 bits per heavy atom. The fourth-order valence-electron chi connectivity index (χ4n) is 1.52. The minimum Gasteiger partial charge on any atom is -0.467 e. The van der Waals surface area contributed by atoms with Crippen molar-refractivity contribution < 1.29 is 4.42 Å². The summed E-state index contributed by atoms with van der Waals surface area (Å²) in [7, 11) is 0. The summed E-state index contributed by atoms with van der Waals surface area (Å²) in [4.78, 5) is 4.01. The Labute approximate surface area is 95.3 Å². The van der Waals surface area contributed by atoms with Crippen LogP contribution in [0.15, 0.2) is 35.5 Å². The van der Waals surface area contributed by atoms with Gasteiger partial charge in [0.1, 0.15) is 5.76 Å². The van der Waals surface area contributed by atoms with Gasteiger partial charge in [-0.15, -0.1) is 0 Å². The van der Waals surface area contributed by atoms with Gasteiger partial charge in [-0.25, -0.2) is 4.98 Å². The number of hydrogen-bond donors (Lipinski definition) is 1. The highest BCUT2D eigenvalue weighted by molar-refractivity contribution is 5.17. The Kier molecular flexibility index (Phi) is 3.41. The van der Waals surface area contributed by atoms with Crippen molar-refractivity contribution in [1.29, 1.82) is 0 Å². The summed E-state index contributed by atoms with van der Waals surface area (Å²) >= 11 is 0. The first-order valence-electron chi connectivity index (χ1n) is 5.50. The van der Waals surface area contributed by atoms with Crippen molar-refractivity contribution in [1.82, 2.24) is 14.9 Å². The average Bonchev–Trinajstić information content (AvgIpc) is 2.87. The Hall–Kier alpha value is -1.55. The molecule has 0 atom stereocenters. The van der Waals surface area contributed by atoms with Gasteiger partial charge in [-0.05, 0) is 6.07 Å². The second kappa shape index (κ2) is 4.99. The standard InChI is InChI=1S/C12H17N3O/c1-10(2)14-7-11-3-6-16-12(11)8-15-5-4-13-9-15/h3-6,9-10,14H,7-8H2,1-2H3. The van der Waals surface area contributed by atoms with E-state index >= 15 is 0 Å². The van der Waals surface area contributed by atoms with Crippen LogP contribution in [0.1, 0.15) is 25.2 Å². The van der Waals surface area contributed by atoms with E-state index in [4.69, 9.17) is 4.42 Å². The fourth-order valence-corrected chi connectivity index (χ4v) is 1.52. The smallest absolute Gasteiger partial charge is 0.127 e. The molecule has 0 unspecified atom stereocenters. The van der Waals surface area contributed by atoms with Gasteiger partial charge in [0.05, 0.1) is 19.1 Å². The Morgan fingerprint density at radius 1 is 1.50 bits per heavy atom. The monoisotopic (exact) mass is 219 g/mol. The van der Waals surface area contributed by atoms with Crippen LogP contribution in [0, 0.1) is 0 Å².